The van der Waals surface area contributed by atoms with Crippen LogP contribution in [0.5, 0.6) is 5.75 Å². The minimum atomic E-state index is -3.56. The number of hydrogen-bond donors (Lipinski definition) is 2. The minimum absolute atomic E-state index is 0.107. The summed E-state index contributed by atoms with van der Waals surface area (Å²) in [4.78, 5) is 25.0. The fourth-order valence-electron chi connectivity index (χ4n) is 3.29. The number of carbonyl (C=O) groups is 1. The van der Waals surface area contributed by atoms with Crippen molar-refractivity contribution in [3.05, 3.63) is 82.4 Å². The molecule has 198 valence electrons. The fraction of sp³-hybridized carbons (Fsp3) is 0.174. The molecular weight excluding hydrogens is 560 g/mol. The van der Waals surface area contributed by atoms with E-state index in [1.165, 1.54) is 35.3 Å². The Labute approximate surface area is 226 Å². The zero-order valence-corrected chi connectivity index (χ0v) is 22.2. The number of sulfone groups is 1. The summed E-state index contributed by atoms with van der Waals surface area (Å²) in [6.07, 6.45) is 5.41. The molecule has 0 spiro atoms. The van der Waals surface area contributed by atoms with Gasteiger partial charge in [-0.2, -0.15) is 9.78 Å². The first-order chi connectivity index (χ1) is 18.0. The molecule has 11 nitrogen and oxygen atoms in total. The highest BCUT2D eigenvalue weighted by Gasteiger charge is 2.19. The van der Waals surface area contributed by atoms with Crippen molar-refractivity contribution in [2.75, 3.05) is 11.6 Å². The van der Waals surface area contributed by atoms with Crippen LogP contribution in [0.2, 0.25) is 10.0 Å². The maximum atomic E-state index is 14.4. The standard InChI is InChI=1S/C23H20Cl2FN7O4S/c1-13(21-29-12-30-33(21)22-27-6-3-7-28-22)31-23(34)32-19-10-20(17(25)9-16(19)24)37-11-14-4-5-15(8-18(14)26)38(2,35)36/h3-10,12-13H,11H2,1-2H3,(H2,31,32,34). The number of amides is 2. The Morgan fingerprint density at radius 2 is 1.87 bits per heavy atom. The molecule has 0 fully saturated rings. The molecule has 38 heavy (non-hydrogen) atoms. The van der Waals surface area contributed by atoms with Crippen molar-refractivity contribution >= 4 is 44.8 Å². The molecule has 2 aromatic carbocycles. The van der Waals surface area contributed by atoms with Crippen molar-refractivity contribution < 1.29 is 22.3 Å². The van der Waals surface area contributed by atoms with E-state index >= 15 is 0 Å². The number of ether oxygens (including phenoxy) is 1. The molecule has 0 saturated heterocycles. The number of benzene rings is 2. The first-order valence-corrected chi connectivity index (χ1v) is 13.5. The molecule has 2 N–H and O–H groups in total. The van der Waals surface area contributed by atoms with Crippen molar-refractivity contribution in [2.45, 2.75) is 24.5 Å². The molecule has 4 aromatic rings. The molecule has 0 aliphatic heterocycles. The average molecular weight is 580 g/mol. The summed E-state index contributed by atoms with van der Waals surface area (Å²) in [7, 11) is -3.56. The summed E-state index contributed by atoms with van der Waals surface area (Å²) in [5.41, 5.74) is 0.285. The van der Waals surface area contributed by atoms with Gasteiger partial charge in [0.25, 0.3) is 5.95 Å². The van der Waals surface area contributed by atoms with Gasteiger partial charge >= 0.3 is 6.03 Å². The summed E-state index contributed by atoms with van der Waals surface area (Å²) in [6.45, 7) is 1.45. The van der Waals surface area contributed by atoms with Crippen LogP contribution in [0.3, 0.4) is 0 Å². The zero-order chi connectivity index (χ0) is 27.4. The Kier molecular flexibility index (Phi) is 8.09. The number of anilines is 1. The highest BCUT2D eigenvalue weighted by molar-refractivity contribution is 7.90. The van der Waals surface area contributed by atoms with Gasteiger partial charge < -0.3 is 15.4 Å². The molecule has 0 saturated carbocycles. The lowest BCUT2D eigenvalue weighted by atomic mass is 10.2. The Balaban J connectivity index is 1.44. The number of nitrogens with zero attached hydrogens (tertiary/aromatic N) is 5. The summed E-state index contributed by atoms with van der Waals surface area (Å²) < 4.78 is 44.6. The van der Waals surface area contributed by atoms with Crippen LogP contribution >= 0.6 is 23.2 Å². The van der Waals surface area contributed by atoms with E-state index in [1.807, 2.05) is 0 Å². The van der Waals surface area contributed by atoms with Crippen molar-refractivity contribution in [3.63, 3.8) is 0 Å². The lowest BCUT2D eigenvalue weighted by Gasteiger charge is -2.16. The van der Waals surface area contributed by atoms with Crippen LogP contribution in [0, 0.1) is 5.82 Å². The van der Waals surface area contributed by atoms with E-state index < -0.39 is 27.7 Å². The predicted molar refractivity (Wildman–Crippen MR) is 138 cm³/mol. The van der Waals surface area contributed by atoms with Gasteiger partial charge in [0.2, 0.25) is 0 Å². The van der Waals surface area contributed by atoms with Gasteiger partial charge in [-0.25, -0.2) is 32.6 Å². The Bertz CT molecular complexity index is 1590. The molecule has 0 aliphatic rings. The van der Waals surface area contributed by atoms with Gasteiger partial charge in [-0.1, -0.05) is 29.3 Å². The monoisotopic (exact) mass is 579 g/mol. The van der Waals surface area contributed by atoms with Crippen molar-refractivity contribution in [3.8, 4) is 11.7 Å². The lowest BCUT2D eigenvalue weighted by molar-refractivity contribution is 0.248. The van der Waals surface area contributed by atoms with Crippen LogP contribution in [0.4, 0.5) is 14.9 Å². The molecule has 2 aromatic heterocycles. The van der Waals surface area contributed by atoms with Gasteiger partial charge in [-0.3, -0.25) is 0 Å². The van der Waals surface area contributed by atoms with Gasteiger partial charge in [0.15, 0.2) is 15.7 Å². The summed E-state index contributed by atoms with van der Waals surface area (Å²) in [5.74, 6) is 0.0472. The number of aromatic nitrogens is 5. The largest absolute Gasteiger partial charge is 0.487 e. The second kappa shape index (κ2) is 11.3. The van der Waals surface area contributed by atoms with Gasteiger partial charge in [0.05, 0.1) is 26.7 Å². The van der Waals surface area contributed by atoms with Gasteiger partial charge in [-0.15, -0.1) is 0 Å². The Morgan fingerprint density at radius 1 is 1.13 bits per heavy atom. The molecule has 2 heterocycles. The number of urea groups is 1. The van der Waals surface area contributed by atoms with Crippen LogP contribution in [-0.4, -0.2) is 45.4 Å². The third-order valence-electron chi connectivity index (χ3n) is 5.16. The molecule has 15 heteroatoms. The van der Waals surface area contributed by atoms with E-state index in [0.717, 1.165) is 12.3 Å². The number of hydrogen-bond acceptors (Lipinski definition) is 8. The summed E-state index contributed by atoms with van der Waals surface area (Å²) >= 11 is 12.5. The topological polar surface area (TPSA) is 141 Å². The van der Waals surface area contributed by atoms with Crippen LogP contribution < -0.4 is 15.4 Å². The Hall–Kier alpha value is -3.81. The molecule has 0 bridgehead atoms. The number of halogens is 3. The minimum Gasteiger partial charge on any atom is -0.487 e. The van der Waals surface area contributed by atoms with E-state index in [1.54, 1.807) is 25.4 Å². The van der Waals surface area contributed by atoms with Crippen LogP contribution in [0.25, 0.3) is 5.95 Å². The maximum Gasteiger partial charge on any atom is 0.319 e. The normalized spacial score (nSPS) is 12.1. The second-order valence-corrected chi connectivity index (χ2v) is 10.8. The van der Waals surface area contributed by atoms with Gasteiger partial charge in [0.1, 0.15) is 24.5 Å². The lowest BCUT2D eigenvalue weighted by Crippen LogP contribution is -2.32. The van der Waals surface area contributed by atoms with Crippen molar-refractivity contribution in [1.29, 1.82) is 0 Å². The quantitative estimate of drug-likeness (QED) is 0.313. The number of rotatable bonds is 8. The molecular formula is C23H20Cl2FN7O4S. The average Bonchev–Trinajstić information content (AvgIpc) is 3.36. The van der Waals surface area contributed by atoms with Crippen LogP contribution in [-0.2, 0) is 16.4 Å². The van der Waals surface area contributed by atoms with Crippen LogP contribution in [0.1, 0.15) is 24.4 Å². The first kappa shape index (κ1) is 27.2. The summed E-state index contributed by atoms with van der Waals surface area (Å²) in [6, 6.07) is 6.71. The smallest absolute Gasteiger partial charge is 0.319 e. The van der Waals surface area contributed by atoms with E-state index in [9.17, 15) is 17.6 Å². The van der Waals surface area contributed by atoms with E-state index in [2.05, 4.69) is 30.7 Å². The first-order valence-electron chi connectivity index (χ1n) is 10.9. The molecule has 0 radical (unpaired) electrons. The summed E-state index contributed by atoms with van der Waals surface area (Å²) in [5, 5.41) is 9.70. The van der Waals surface area contributed by atoms with E-state index in [-0.39, 0.29) is 38.5 Å². The van der Waals surface area contributed by atoms with Crippen molar-refractivity contribution in [2.24, 2.45) is 0 Å². The van der Waals surface area contributed by atoms with Gasteiger partial charge in [0, 0.05) is 30.3 Å². The SMILES string of the molecule is CC(NC(=O)Nc1cc(OCc2ccc(S(C)(=O)=O)cc2F)c(Cl)cc1Cl)c1ncnn1-c1ncccn1. The highest BCUT2D eigenvalue weighted by atomic mass is 35.5. The maximum absolute atomic E-state index is 14.4. The third-order valence-corrected chi connectivity index (χ3v) is 6.87. The molecule has 1 unspecified atom stereocenters. The molecule has 0 aliphatic carbocycles. The third kappa shape index (κ3) is 6.36. The number of nitrogens with one attached hydrogen (secondary N) is 2. The van der Waals surface area contributed by atoms with Crippen LogP contribution in [0.15, 0.2) is 60.0 Å². The Morgan fingerprint density at radius 3 is 2.55 bits per heavy atom. The highest BCUT2D eigenvalue weighted by Crippen LogP contribution is 2.35. The molecule has 1 atom stereocenters. The van der Waals surface area contributed by atoms with E-state index in [4.69, 9.17) is 27.9 Å². The fourth-order valence-corrected chi connectivity index (χ4v) is 4.40. The second-order valence-electron chi connectivity index (χ2n) is 7.98. The zero-order valence-electron chi connectivity index (χ0n) is 19.9. The number of carbonyl (C=O) groups excluding carboxylic acids is 1. The molecule has 4 rings (SSSR count). The van der Waals surface area contributed by atoms with Gasteiger partial charge in [-0.05, 0) is 31.2 Å². The predicted octanol–water partition coefficient (Wildman–Crippen LogP) is 4.37. The van der Waals surface area contributed by atoms with Crippen molar-refractivity contribution in [1.82, 2.24) is 30.0 Å². The van der Waals surface area contributed by atoms with E-state index in [0.29, 0.717) is 11.8 Å². The molecule has 2 amide bonds.